The number of benzene rings is 1. The second kappa shape index (κ2) is 10.2. The third kappa shape index (κ3) is 6.42. The van der Waals surface area contributed by atoms with Gasteiger partial charge in [-0.15, -0.1) is 5.10 Å². The van der Waals surface area contributed by atoms with Crippen molar-refractivity contribution in [2.75, 3.05) is 12.9 Å². The lowest BCUT2D eigenvalue weighted by atomic mass is 9.99. The van der Waals surface area contributed by atoms with Crippen LogP contribution in [0.2, 0.25) is 0 Å². The Labute approximate surface area is 171 Å². The number of hydrogen-bond donors (Lipinski definition) is 1. The van der Waals surface area contributed by atoms with Crippen molar-refractivity contribution in [1.82, 2.24) is 15.5 Å². The predicted molar refractivity (Wildman–Crippen MR) is 109 cm³/mol. The maximum atomic E-state index is 12.5. The van der Waals surface area contributed by atoms with Crippen LogP contribution >= 0.6 is 0 Å². The maximum absolute atomic E-state index is 12.5. The average Bonchev–Trinajstić information content (AvgIpc) is 3.19. The van der Waals surface area contributed by atoms with E-state index in [-0.39, 0.29) is 17.7 Å². The minimum absolute atomic E-state index is 0.0413. The van der Waals surface area contributed by atoms with E-state index in [0.29, 0.717) is 12.4 Å². The number of hydrogen-bond acceptors (Lipinski definition) is 7. The van der Waals surface area contributed by atoms with Gasteiger partial charge in [0.1, 0.15) is 11.8 Å². The Morgan fingerprint density at radius 2 is 2.00 bits per heavy atom. The fraction of sp³-hybridized carbons (Fsp3) is 0.450. The highest BCUT2D eigenvalue weighted by Crippen LogP contribution is 2.25. The maximum Gasteiger partial charge on any atom is 0.335 e. The van der Waals surface area contributed by atoms with Crippen LogP contribution in [0.4, 0.5) is 0 Å². The Morgan fingerprint density at radius 3 is 2.62 bits per heavy atom. The molecule has 2 atom stereocenters. The summed E-state index contributed by atoms with van der Waals surface area (Å²) >= 11 is 0. The lowest BCUT2D eigenvalue weighted by Gasteiger charge is -2.20. The van der Waals surface area contributed by atoms with Crippen LogP contribution < -0.4 is 10.1 Å². The van der Waals surface area contributed by atoms with Crippen molar-refractivity contribution in [3.63, 3.8) is 0 Å². The summed E-state index contributed by atoms with van der Waals surface area (Å²) in [5, 5.41) is 9.75. The molecule has 0 bridgehead atoms. The number of sulfone groups is 1. The SMILES string of the molecule is CCCOc1ccccc1/C=C/C(=O)N[C@H](c1nnc(S(C)(=O)=O)o1)[C@H](C)CC. The number of carbonyl (C=O) groups excluding carboxylic acids is 1. The zero-order valence-corrected chi connectivity index (χ0v) is 17.9. The summed E-state index contributed by atoms with van der Waals surface area (Å²) in [4.78, 5) is 12.5. The molecule has 0 saturated carbocycles. The molecule has 2 rings (SSSR count). The van der Waals surface area contributed by atoms with Gasteiger partial charge in [0.25, 0.3) is 0 Å². The van der Waals surface area contributed by atoms with Crippen LogP contribution in [-0.4, -0.2) is 37.4 Å². The van der Waals surface area contributed by atoms with Gasteiger partial charge in [-0.3, -0.25) is 4.79 Å². The van der Waals surface area contributed by atoms with Gasteiger partial charge >= 0.3 is 5.22 Å². The fourth-order valence-electron chi connectivity index (χ4n) is 2.51. The van der Waals surface area contributed by atoms with E-state index in [2.05, 4.69) is 15.5 Å². The molecule has 1 N–H and O–H groups in total. The van der Waals surface area contributed by atoms with Gasteiger partial charge in [0.05, 0.1) is 6.61 Å². The normalized spacial score (nSPS) is 13.9. The molecule has 0 fully saturated rings. The number of para-hydroxylation sites is 1. The van der Waals surface area contributed by atoms with E-state index in [9.17, 15) is 13.2 Å². The molecule has 158 valence electrons. The highest BCUT2D eigenvalue weighted by Gasteiger charge is 2.27. The van der Waals surface area contributed by atoms with Gasteiger partial charge in [0.15, 0.2) is 0 Å². The van der Waals surface area contributed by atoms with Crippen LogP contribution in [0.3, 0.4) is 0 Å². The highest BCUT2D eigenvalue weighted by molar-refractivity contribution is 7.90. The minimum Gasteiger partial charge on any atom is -0.493 e. The first-order chi connectivity index (χ1) is 13.8. The molecule has 1 aromatic carbocycles. The average molecular weight is 422 g/mol. The van der Waals surface area contributed by atoms with Crippen LogP contribution in [0, 0.1) is 5.92 Å². The first kappa shape index (κ1) is 22.6. The number of carbonyl (C=O) groups is 1. The second-order valence-corrected chi connectivity index (χ2v) is 8.66. The van der Waals surface area contributed by atoms with Crippen molar-refractivity contribution in [2.45, 2.75) is 44.9 Å². The van der Waals surface area contributed by atoms with Gasteiger partial charge in [-0.25, -0.2) is 8.42 Å². The first-order valence-corrected chi connectivity index (χ1v) is 11.4. The van der Waals surface area contributed by atoms with Crippen molar-refractivity contribution < 1.29 is 22.4 Å². The molecule has 1 aromatic heterocycles. The number of nitrogens with zero attached hydrogens (tertiary/aromatic N) is 2. The molecule has 0 aliphatic rings. The van der Waals surface area contributed by atoms with E-state index >= 15 is 0 Å². The van der Waals surface area contributed by atoms with E-state index in [4.69, 9.17) is 9.15 Å². The molecular weight excluding hydrogens is 394 g/mol. The van der Waals surface area contributed by atoms with Crippen LogP contribution in [0.25, 0.3) is 6.08 Å². The third-order valence-electron chi connectivity index (χ3n) is 4.31. The van der Waals surface area contributed by atoms with Gasteiger partial charge in [0, 0.05) is 17.9 Å². The minimum atomic E-state index is -3.62. The number of amides is 1. The van der Waals surface area contributed by atoms with Crippen LogP contribution in [-0.2, 0) is 14.6 Å². The molecule has 0 spiro atoms. The number of rotatable bonds is 10. The lowest BCUT2D eigenvalue weighted by Crippen LogP contribution is -2.31. The smallest absolute Gasteiger partial charge is 0.335 e. The monoisotopic (exact) mass is 421 g/mol. The van der Waals surface area contributed by atoms with E-state index in [0.717, 1.165) is 24.7 Å². The number of aromatic nitrogens is 2. The van der Waals surface area contributed by atoms with Crippen molar-refractivity contribution in [2.24, 2.45) is 5.92 Å². The zero-order chi connectivity index (χ0) is 21.4. The molecule has 0 saturated heterocycles. The van der Waals surface area contributed by atoms with Crippen LogP contribution in [0.15, 0.2) is 40.0 Å². The summed E-state index contributed by atoms with van der Waals surface area (Å²) < 4.78 is 34.2. The molecule has 0 unspecified atom stereocenters. The van der Waals surface area contributed by atoms with E-state index in [1.165, 1.54) is 6.08 Å². The van der Waals surface area contributed by atoms with E-state index < -0.39 is 21.1 Å². The molecule has 0 radical (unpaired) electrons. The Morgan fingerprint density at radius 1 is 1.28 bits per heavy atom. The molecule has 0 aliphatic carbocycles. The molecule has 9 heteroatoms. The van der Waals surface area contributed by atoms with Gasteiger partial charge in [-0.05, 0) is 24.5 Å². The molecule has 0 aliphatic heterocycles. The summed E-state index contributed by atoms with van der Waals surface area (Å²) in [6.45, 7) is 6.47. The van der Waals surface area contributed by atoms with E-state index in [1.807, 2.05) is 45.0 Å². The summed E-state index contributed by atoms with van der Waals surface area (Å²) in [7, 11) is -3.62. The van der Waals surface area contributed by atoms with Gasteiger partial charge < -0.3 is 14.5 Å². The topological polar surface area (TPSA) is 111 Å². The van der Waals surface area contributed by atoms with Crippen LogP contribution in [0.5, 0.6) is 5.75 Å². The Kier molecular flexibility index (Phi) is 7.95. The standard InChI is InChI=1S/C20H27N3O5S/c1-5-13-27-16-10-8-7-9-15(16)11-12-17(24)21-18(14(3)6-2)19-22-23-20(28-19)29(4,25)26/h7-12,14,18H,5-6,13H2,1-4H3,(H,21,24)/b12-11+/t14-,18+/m1/s1. The summed E-state index contributed by atoms with van der Waals surface area (Å²) in [6, 6.07) is 6.84. The molecule has 1 heterocycles. The Balaban J connectivity index is 2.17. The predicted octanol–water partition coefficient (Wildman–Crippen LogP) is 3.18. The molecule has 29 heavy (non-hydrogen) atoms. The zero-order valence-electron chi connectivity index (χ0n) is 17.1. The Hall–Kier alpha value is -2.68. The van der Waals surface area contributed by atoms with Gasteiger partial charge in [-0.1, -0.05) is 50.5 Å². The second-order valence-electron chi connectivity index (χ2n) is 6.77. The van der Waals surface area contributed by atoms with Crippen molar-refractivity contribution >= 4 is 21.8 Å². The summed E-state index contributed by atoms with van der Waals surface area (Å²) in [5.74, 6) is 0.361. The van der Waals surface area contributed by atoms with Crippen molar-refractivity contribution in [1.29, 1.82) is 0 Å². The van der Waals surface area contributed by atoms with Crippen molar-refractivity contribution in [3.8, 4) is 5.75 Å². The molecule has 2 aromatic rings. The largest absolute Gasteiger partial charge is 0.493 e. The quantitative estimate of drug-likeness (QED) is 0.586. The molecule has 1 amide bonds. The molecule has 8 nitrogen and oxygen atoms in total. The summed E-state index contributed by atoms with van der Waals surface area (Å²) in [5.41, 5.74) is 0.786. The van der Waals surface area contributed by atoms with Gasteiger partial charge in [-0.2, -0.15) is 0 Å². The fourth-order valence-corrected chi connectivity index (χ4v) is 2.93. The summed E-state index contributed by atoms with van der Waals surface area (Å²) in [6.07, 6.45) is 5.66. The molecular formula is C20H27N3O5S. The van der Waals surface area contributed by atoms with E-state index in [1.54, 1.807) is 6.08 Å². The highest BCUT2D eigenvalue weighted by atomic mass is 32.2. The Bertz CT molecular complexity index is 953. The lowest BCUT2D eigenvalue weighted by molar-refractivity contribution is -0.117. The third-order valence-corrected chi connectivity index (χ3v) is 5.11. The van der Waals surface area contributed by atoms with Gasteiger partial charge in [0.2, 0.25) is 21.6 Å². The number of ether oxygens (including phenoxy) is 1. The first-order valence-electron chi connectivity index (χ1n) is 9.50. The van der Waals surface area contributed by atoms with Crippen LogP contribution in [0.1, 0.15) is 51.1 Å². The van der Waals surface area contributed by atoms with Crippen molar-refractivity contribution in [3.05, 3.63) is 41.8 Å². The number of nitrogens with one attached hydrogen (secondary N) is 1.